The molecule has 2 aromatic rings. The predicted octanol–water partition coefficient (Wildman–Crippen LogP) is 3.91. The third-order valence-corrected chi connectivity index (χ3v) is 2.96. The Morgan fingerprint density at radius 3 is 2.87 bits per heavy atom. The van der Waals surface area contributed by atoms with Gasteiger partial charge in [0.05, 0.1) is 0 Å². The lowest BCUT2D eigenvalue weighted by atomic mass is 9.80. The summed E-state index contributed by atoms with van der Waals surface area (Å²) in [5, 5.41) is 0. The van der Waals surface area contributed by atoms with Crippen LogP contribution in [0.25, 0.3) is 11.1 Å². The van der Waals surface area contributed by atoms with Gasteiger partial charge in [-0.3, -0.25) is 0 Å². The molecule has 2 heteroatoms. The molecule has 0 aliphatic carbocycles. The molecular weight excluding hydrogens is 186 g/mol. The number of nitrogens with zero attached hydrogens (tertiary/aromatic N) is 1. The van der Waals surface area contributed by atoms with E-state index in [2.05, 4.69) is 37.9 Å². The summed E-state index contributed by atoms with van der Waals surface area (Å²) in [7, 11) is 0. The summed E-state index contributed by atoms with van der Waals surface area (Å²) in [6.45, 7) is 6.73. The first kappa shape index (κ1) is 10.2. The van der Waals surface area contributed by atoms with Crippen LogP contribution in [0.4, 0.5) is 0 Å². The van der Waals surface area contributed by atoms with Crippen molar-refractivity contribution < 1.29 is 4.42 Å². The molecule has 1 aromatic heterocycles. The molecule has 0 N–H and O–H groups in total. The fraction of sp³-hybridized carbons (Fsp3) is 0.462. The predicted molar refractivity (Wildman–Crippen MR) is 61.9 cm³/mol. The van der Waals surface area contributed by atoms with Crippen LogP contribution in [0.3, 0.4) is 0 Å². The van der Waals surface area contributed by atoms with Gasteiger partial charge in [-0.2, -0.15) is 0 Å². The van der Waals surface area contributed by atoms with Crippen molar-refractivity contribution >= 4 is 11.1 Å². The third kappa shape index (κ3) is 1.76. The Kier molecular flexibility index (Phi) is 2.51. The molecule has 0 radical (unpaired) electrons. The summed E-state index contributed by atoms with van der Waals surface area (Å²) in [5.74, 6) is 0. The van der Waals surface area contributed by atoms with Crippen molar-refractivity contribution in [3.63, 3.8) is 0 Å². The number of para-hydroxylation sites is 1. The van der Waals surface area contributed by atoms with Crippen LogP contribution in [-0.2, 0) is 5.41 Å². The lowest BCUT2D eigenvalue weighted by Gasteiger charge is -2.24. The Bertz CT molecular complexity index is 456. The highest BCUT2D eigenvalue weighted by Crippen LogP contribution is 2.33. The van der Waals surface area contributed by atoms with E-state index in [1.165, 1.54) is 18.4 Å². The Morgan fingerprint density at radius 2 is 2.13 bits per heavy atom. The highest BCUT2D eigenvalue weighted by molar-refractivity contribution is 5.77. The van der Waals surface area contributed by atoms with E-state index in [1.807, 2.05) is 6.07 Å². The van der Waals surface area contributed by atoms with Crippen molar-refractivity contribution in [2.45, 2.75) is 39.0 Å². The Hall–Kier alpha value is -1.31. The van der Waals surface area contributed by atoms with Crippen molar-refractivity contribution in [1.29, 1.82) is 0 Å². The zero-order chi connectivity index (χ0) is 10.9. The van der Waals surface area contributed by atoms with E-state index in [4.69, 9.17) is 4.42 Å². The summed E-state index contributed by atoms with van der Waals surface area (Å²) < 4.78 is 5.47. The summed E-state index contributed by atoms with van der Waals surface area (Å²) >= 11 is 0. The second kappa shape index (κ2) is 3.69. The van der Waals surface area contributed by atoms with Gasteiger partial charge in [0.25, 0.3) is 0 Å². The number of hydrogen-bond acceptors (Lipinski definition) is 2. The molecule has 1 aromatic carbocycles. The lowest BCUT2D eigenvalue weighted by molar-refractivity contribution is 0.466. The van der Waals surface area contributed by atoms with Crippen LogP contribution >= 0.6 is 0 Å². The molecule has 0 fully saturated rings. The van der Waals surface area contributed by atoms with Crippen LogP contribution in [0.15, 0.2) is 29.0 Å². The molecule has 0 amide bonds. The van der Waals surface area contributed by atoms with Crippen molar-refractivity contribution in [2.24, 2.45) is 0 Å². The summed E-state index contributed by atoms with van der Waals surface area (Å²) in [6, 6.07) is 6.19. The molecule has 0 saturated carbocycles. The molecule has 1 heterocycles. The number of aromatic nitrogens is 1. The maximum Gasteiger partial charge on any atom is 0.181 e. The highest BCUT2D eigenvalue weighted by Gasteiger charge is 2.23. The molecule has 0 saturated heterocycles. The minimum atomic E-state index is 0.161. The quantitative estimate of drug-likeness (QED) is 0.756. The molecule has 0 atom stereocenters. The van der Waals surface area contributed by atoms with Gasteiger partial charge < -0.3 is 4.42 Å². The Balaban J connectivity index is 2.55. The van der Waals surface area contributed by atoms with Gasteiger partial charge in [0.2, 0.25) is 0 Å². The minimum Gasteiger partial charge on any atom is -0.443 e. The van der Waals surface area contributed by atoms with Gasteiger partial charge >= 0.3 is 0 Å². The molecule has 0 aliphatic rings. The van der Waals surface area contributed by atoms with Crippen LogP contribution in [0.1, 0.15) is 39.2 Å². The van der Waals surface area contributed by atoms with E-state index in [0.717, 1.165) is 17.5 Å². The van der Waals surface area contributed by atoms with E-state index in [-0.39, 0.29) is 5.41 Å². The average Bonchev–Trinajstić information content (AvgIpc) is 2.64. The number of rotatable bonds is 3. The summed E-state index contributed by atoms with van der Waals surface area (Å²) in [5.41, 5.74) is 3.32. The van der Waals surface area contributed by atoms with Crippen LogP contribution < -0.4 is 0 Å². The summed E-state index contributed by atoms with van der Waals surface area (Å²) in [4.78, 5) is 4.19. The number of hydrogen-bond donors (Lipinski definition) is 0. The van der Waals surface area contributed by atoms with Gasteiger partial charge in [-0.15, -0.1) is 0 Å². The number of benzene rings is 1. The monoisotopic (exact) mass is 203 g/mol. The number of fused-ring (bicyclic) bond motifs is 1. The first-order chi connectivity index (χ1) is 7.15. The molecule has 0 spiro atoms. The van der Waals surface area contributed by atoms with Crippen molar-refractivity contribution in [3.05, 3.63) is 30.2 Å². The van der Waals surface area contributed by atoms with Crippen molar-refractivity contribution in [3.8, 4) is 0 Å². The Labute approximate surface area is 90.3 Å². The zero-order valence-corrected chi connectivity index (χ0v) is 9.58. The van der Waals surface area contributed by atoms with E-state index >= 15 is 0 Å². The maximum absolute atomic E-state index is 5.47. The van der Waals surface area contributed by atoms with E-state index < -0.39 is 0 Å². The van der Waals surface area contributed by atoms with Crippen LogP contribution in [0.5, 0.6) is 0 Å². The van der Waals surface area contributed by atoms with Crippen LogP contribution in [-0.4, -0.2) is 4.98 Å². The van der Waals surface area contributed by atoms with Crippen molar-refractivity contribution in [1.82, 2.24) is 4.98 Å². The first-order valence-electron chi connectivity index (χ1n) is 5.48. The molecule has 80 valence electrons. The van der Waals surface area contributed by atoms with Crippen LogP contribution in [0.2, 0.25) is 0 Å². The zero-order valence-electron chi connectivity index (χ0n) is 9.58. The largest absolute Gasteiger partial charge is 0.443 e. The standard InChI is InChI=1S/C13H17NO/c1-4-8-13(2,3)10-6-5-7-11-12(10)15-9-14-11/h5-7,9H,4,8H2,1-3H3. The first-order valence-corrected chi connectivity index (χ1v) is 5.48. The van der Waals surface area contributed by atoms with E-state index in [1.54, 1.807) is 0 Å². The molecule has 0 unspecified atom stereocenters. The topological polar surface area (TPSA) is 26.0 Å². The molecule has 2 nitrogen and oxygen atoms in total. The highest BCUT2D eigenvalue weighted by atomic mass is 16.3. The van der Waals surface area contributed by atoms with E-state index in [9.17, 15) is 0 Å². The molecule has 0 aliphatic heterocycles. The van der Waals surface area contributed by atoms with Gasteiger partial charge in [0.15, 0.2) is 12.0 Å². The molecule has 2 rings (SSSR count). The third-order valence-electron chi connectivity index (χ3n) is 2.96. The van der Waals surface area contributed by atoms with Gasteiger partial charge in [-0.05, 0) is 17.9 Å². The second-order valence-corrected chi connectivity index (χ2v) is 4.64. The van der Waals surface area contributed by atoms with Crippen LogP contribution in [0, 0.1) is 0 Å². The molecule has 15 heavy (non-hydrogen) atoms. The fourth-order valence-corrected chi connectivity index (χ4v) is 2.18. The van der Waals surface area contributed by atoms with Gasteiger partial charge in [-0.1, -0.05) is 39.3 Å². The smallest absolute Gasteiger partial charge is 0.181 e. The summed E-state index contributed by atoms with van der Waals surface area (Å²) in [6.07, 6.45) is 3.86. The second-order valence-electron chi connectivity index (χ2n) is 4.64. The molecule has 0 bridgehead atoms. The number of oxazole rings is 1. The Morgan fingerprint density at radius 1 is 1.33 bits per heavy atom. The minimum absolute atomic E-state index is 0.161. The van der Waals surface area contributed by atoms with Gasteiger partial charge in [0, 0.05) is 5.56 Å². The average molecular weight is 203 g/mol. The SMILES string of the molecule is CCCC(C)(C)c1cccc2ncoc12. The fourth-order valence-electron chi connectivity index (χ4n) is 2.18. The molecular formula is C13H17NO. The van der Waals surface area contributed by atoms with E-state index in [0.29, 0.717) is 0 Å². The normalized spacial score (nSPS) is 12.2. The lowest BCUT2D eigenvalue weighted by Crippen LogP contribution is -2.16. The maximum atomic E-state index is 5.47. The van der Waals surface area contributed by atoms with Gasteiger partial charge in [0.1, 0.15) is 5.52 Å². The van der Waals surface area contributed by atoms with Crippen molar-refractivity contribution in [2.75, 3.05) is 0 Å². The van der Waals surface area contributed by atoms with Gasteiger partial charge in [-0.25, -0.2) is 4.98 Å².